The summed E-state index contributed by atoms with van der Waals surface area (Å²) in [6.07, 6.45) is 3.15. The third-order valence-electron chi connectivity index (χ3n) is 6.27. The van der Waals surface area contributed by atoms with Crippen LogP contribution in [-0.2, 0) is 0 Å². The van der Waals surface area contributed by atoms with Crippen LogP contribution in [-0.4, -0.2) is 59.7 Å². The van der Waals surface area contributed by atoms with Crippen LogP contribution >= 0.6 is 0 Å². The maximum absolute atomic E-state index is 14.0. The predicted molar refractivity (Wildman–Crippen MR) is 117 cm³/mol. The van der Waals surface area contributed by atoms with E-state index in [0.717, 1.165) is 31.6 Å². The van der Waals surface area contributed by atoms with Crippen molar-refractivity contribution in [3.8, 4) is 0 Å². The molecule has 2 aliphatic heterocycles. The number of aliphatic hydroxyl groups excluding tert-OH is 1. The molecule has 2 fully saturated rings. The molecule has 8 nitrogen and oxygen atoms in total. The van der Waals surface area contributed by atoms with Crippen LogP contribution in [0.2, 0.25) is 0 Å². The Morgan fingerprint density at radius 2 is 2.00 bits per heavy atom. The van der Waals surface area contributed by atoms with Crippen molar-refractivity contribution in [2.45, 2.75) is 31.1 Å². The molecule has 1 unspecified atom stereocenters. The van der Waals surface area contributed by atoms with E-state index in [0.29, 0.717) is 11.7 Å². The molecular weight excluding hydrogens is 418 g/mol. The van der Waals surface area contributed by atoms with E-state index in [1.165, 1.54) is 11.8 Å². The molecule has 1 amide bonds. The van der Waals surface area contributed by atoms with Gasteiger partial charge in [-0.05, 0) is 49.5 Å². The van der Waals surface area contributed by atoms with Crippen LogP contribution in [0.25, 0.3) is 0 Å². The number of nitrogens with one attached hydrogen (secondary N) is 2. The van der Waals surface area contributed by atoms with Gasteiger partial charge in [-0.2, -0.15) is 0 Å². The number of halogens is 2. The first kappa shape index (κ1) is 22.3. The molecule has 0 saturated carbocycles. The molecule has 172 valence electrons. The summed E-state index contributed by atoms with van der Waals surface area (Å²) in [5.41, 5.74) is 7.41. The minimum absolute atomic E-state index is 0.0303. The van der Waals surface area contributed by atoms with Gasteiger partial charge in [0.1, 0.15) is 5.82 Å². The van der Waals surface area contributed by atoms with Crippen molar-refractivity contribution in [2.24, 2.45) is 11.7 Å². The number of carbonyl (C=O) groups is 1. The average Bonchev–Trinajstić information content (AvgIpc) is 2.80. The summed E-state index contributed by atoms with van der Waals surface area (Å²) >= 11 is 0. The second kappa shape index (κ2) is 9.33. The number of anilines is 3. The summed E-state index contributed by atoms with van der Waals surface area (Å²) in [7, 11) is 0. The number of carbonyl (C=O) groups excluding carboxylic acids is 1. The fraction of sp³-hybridized carbons (Fsp3) is 0.500. The lowest BCUT2D eigenvalue weighted by Gasteiger charge is -2.38. The summed E-state index contributed by atoms with van der Waals surface area (Å²) in [4.78, 5) is 22.1. The minimum atomic E-state index is -2.93. The lowest BCUT2D eigenvalue weighted by molar-refractivity contribution is -0.0880. The lowest BCUT2D eigenvalue weighted by Crippen LogP contribution is -2.49. The highest BCUT2D eigenvalue weighted by Crippen LogP contribution is 2.35. The Morgan fingerprint density at radius 3 is 2.66 bits per heavy atom. The first-order valence-electron chi connectivity index (χ1n) is 10.9. The maximum atomic E-state index is 14.0. The standard InChI is InChI=1S/C22H28F2N6O2/c23-22(24)7-10-30(12-16(22)13-31)18-11-27-19(20(25)32)21(29-18)28-17-3-1-14(2-4-17)15-5-8-26-9-6-15/h1-4,11,15-16,26,31H,5-10,12-13H2,(H2,25,32)(H,28,29). The van der Waals surface area contributed by atoms with E-state index in [2.05, 4.69) is 32.7 Å². The van der Waals surface area contributed by atoms with E-state index in [1.807, 2.05) is 12.1 Å². The molecule has 4 rings (SSSR count). The van der Waals surface area contributed by atoms with Crippen molar-refractivity contribution in [3.63, 3.8) is 0 Å². The summed E-state index contributed by atoms with van der Waals surface area (Å²) in [6.45, 7) is 1.41. The normalized spacial score (nSPS) is 21.3. The Bertz CT molecular complexity index is 950. The number of primary amides is 1. The van der Waals surface area contributed by atoms with Gasteiger partial charge in [-0.25, -0.2) is 18.7 Å². The largest absolute Gasteiger partial charge is 0.396 e. The van der Waals surface area contributed by atoms with Crippen molar-refractivity contribution in [1.29, 1.82) is 0 Å². The summed E-state index contributed by atoms with van der Waals surface area (Å²) < 4.78 is 27.9. The van der Waals surface area contributed by atoms with Crippen LogP contribution in [0, 0.1) is 5.92 Å². The van der Waals surface area contributed by atoms with Crippen LogP contribution in [0.1, 0.15) is 41.2 Å². The molecular formula is C22H28F2N6O2. The zero-order chi connectivity index (χ0) is 22.7. The number of aromatic nitrogens is 2. The van der Waals surface area contributed by atoms with Gasteiger partial charge in [0, 0.05) is 25.2 Å². The van der Waals surface area contributed by atoms with E-state index in [4.69, 9.17) is 5.73 Å². The zero-order valence-corrected chi connectivity index (χ0v) is 17.7. The average molecular weight is 447 g/mol. The van der Waals surface area contributed by atoms with Gasteiger partial charge in [0.25, 0.3) is 11.8 Å². The van der Waals surface area contributed by atoms with Gasteiger partial charge in [0.05, 0.1) is 18.7 Å². The van der Waals surface area contributed by atoms with Crippen LogP contribution in [0.4, 0.5) is 26.1 Å². The molecule has 0 radical (unpaired) electrons. The Balaban J connectivity index is 1.54. The predicted octanol–water partition coefficient (Wildman–Crippen LogP) is 2.24. The molecule has 0 spiro atoms. The molecule has 10 heteroatoms. The molecule has 32 heavy (non-hydrogen) atoms. The quantitative estimate of drug-likeness (QED) is 0.538. The smallest absolute Gasteiger partial charge is 0.271 e. The number of aliphatic hydroxyl groups is 1. The van der Waals surface area contributed by atoms with Gasteiger partial charge in [-0.15, -0.1) is 0 Å². The van der Waals surface area contributed by atoms with Crippen molar-refractivity contribution in [1.82, 2.24) is 15.3 Å². The van der Waals surface area contributed by atoms with E-state index in [1.54, 1.807) is 4.90 Å². The van der Waals surface area contributed by atoms with Gasteiger partial charge in [0.15, 0.2) is 11.5 Å². The van der Waals surface area contributed by atoms with E-state index in [-0.39, 0.29) is 24.6 Å². The molecule has 2 saturated heterocycles. The number of nitrogens with zero attached hydrogens (tertiary/aromatic N) is 3. The first-order valence-corrected chi connectivity index (χ1v) is 10.9. The minimum Gasteiger partial charge on any atom is -0.396 e. The molecule has 1 atom stereocenters. The number of alkyl halides is 2. The van der Waals surface area contributed by atoms with Gasteiger partial charge in [0.2, 0.25) is 0 Å². The summed E-state index contributed by atoms with van der Waals surface area (Å²) in [6, 6.07) is 7.94. The number of piperidine rings is 2. The highest BCUT2D eigenvalue weighted by molar-refractivity contribution is 5.96. The summed E-state index contributed by atoms with van der Waals surface area (Å²) in [5.74, 6) is -3.82. The van der Waals surface area contributed by atoms with Gasteiger partial charge >= 0.3 is 0 Å². The van der Waals surface area contributed by atoms with Crippen LogP contribution in [0.15, 0.2) is 30.5 Å². The second-order valence-electron chi connectivity index (χ2n) is 8.40. The number of hydrogen-bond acceptors (Lipinski definition) is 7. The maximum Gasteiger partial charge on any atom is 0.271 e. The number of benzene rings is 1. The van der Waals surface area contributed by atoms with Gasteiger partial charge in [-0.3, -0.25) is 4.79 Å². The number of hydrogen-bond donors (Lipinski definition) is 4. The van der Waals surface area contributed by atoms with Crippen molar-refractivity contribution < 1.29 is 18.7 Å². The SMILES string of the molecule is NC(=O)c1ncc(N2CCC(F)(F)C(CO)C2)nc1Nc1ccc(C2CCNCC2)cc1. The molecule has 2 aromatic rings. The van der Waals surface area contributed by atoms with Gasteiger partial charge in [-0.1, -0.05) is 12.1 Å². The molecule has 1 aromatic carbocycles. The lowest BCUT2D eigenvalue weighted by atomic mass is 9.90. The molecule has 3 heterocycles. The van der Waals surface area contributed by atoms with Crippen LogP contribution in [0.3, 0.4) is 0 Å². The summed E-state index contributed by atoms with van der Waals surface area (Å²) in [5, 5.41) is 15.8. The van der Waals surface area contributed by atoms with Gasteiger partial charge < -0.3 is 26.4 Å². The molecule has 0 aliphatic carbocycles. The Kier molecular flexibility index (Phi) is 6.52. The third-order valence-corrected chi connectivity index (χ3v) is 6.27. The molecule has 1 aromatic heterocycles. The highest BCUT2D eigenvalue weighted by Gasteiger charge is 2.44. The van der Waals surface area contributed by atoms with Crippen molar-refractivity contribution in [2.75, 3.05) is 43.0 Å². The Morgan fingerprint density at radius 1 is 1.28 bits per heavy atom. The Labute approximate surface area is 185 Å². The van der Waals surface area contributed by atoms with E-state index < -0.39 is 30.8 Å². The monoisotopic (exact) mass is 446 g/mol. The highest BCUT2D eigenvalue weighted by atomic mass is 19.3. The molecule has 5 N–H and O–H groups in total. The van der Waals surface area contributed by atoms with E-state index >= 15 is 0 Å². The molecule has 2 aliphatic rings. The number of nitrogens with two attached hydrogens (primary N) is 1. The van der Waals surface area contributed by atoms with Crippen LogP contribution < -0.4 is 21.3 Å². The first-order chi connectivity index (χ1) is 15.4. The Hall–Kier alpha value is -2.85. The number of amides is 1. The van der Waals surface area contributed by atoms with Crippen LogP contribution in [0.5, 0.6) is 0 Å². The fourth-order valence-corrected chi connectivity index (χ4v) is 4.31. The second-order valence-corrected chi connectivity index (χ2v) is 8.40. The number of rotatable bonds is 6. The molecule has 0 bridgehead atoms. The van der Waals surface area contributed by atoms with E-state index in [9.17, 15) is 18.7 Å². The zero-order valence-electron chi connectivity index (χ0n) is 17.7. The topological polar surface area (TPSA) is 116 Å². The van der Waals surface area contributed by atoms with Crippen molar-refractivity contribution >= 4 is 23.2 Å². The van der Waals surface area contributed by atoms with Crippen molar-refractivity contribution in [3.05, 3.63) is 41.7 Å². The third kappa shape index (κ3) is 4.81. The fourth-order valence-electron chi connectivity index (χ4n) is 4.31.